The number of rotatable bonds is 5. The van der Waals surface area contributed by atoms with E-state index in [0.29, 0.717) is 23.4 Å². The molecule has 3 atom stereocenters. The molecule has 0 amide bonds. The molecular weight excluding hydrogens is 208 g/mol. The topological polar surface area (TPSA) is 29.3 Å². The molecule has 1 aliphatic rings. The van der Waals surface area contributed by atoms with Gasteiger partial charge in [0.15, 0.2) is 0 Å². The average Bonchev–Trinajstić information content (AvgIpc) is 2.44. The average molecular weight is 240 g/mol. The second-order valence-electron chi connectivity index (χ2n) is 7.23. The summed E-state index contributed by atoms with van der Waals surface area (Å²) in [5.74, 6) is 1.46. The first-order valence-corrected chi connectivity index (χ1v) is 7.20. The Morgan fingerprint density at radius 3 is 2.29 bits per heavy atom. The molecule has 1 saturated carbocycles. The molecule has 1 aliphatic carbocycles. The minimum absolute atomic E-state index is 0.340. The Hall–Kier alpha value is -0.0800. The standard InChI is InChI=1S/C15H32N2/c1-11(2)9-12(3)17(6)10-13-7-8-15(4,5)14(13)16/h11-14H,7-10,16H2,1-6H3. The van der Waals surface area contributed by atoms with E-state index in [0.717, 1.165) is 5.92 Å². The zero-order valence-corrected chi connectivity index (χ0v) is 12.7. The van der Waals surface area contributed by atoms with Crippen molar-refractivity contribution < 1.29 is 0 Å². The van der Waals surface area contributed by atoms with Gasteiger partial charge in [0.25, 0.3) is 0 Å². The van der Waals surface area contributed by atoms with Crippen LogP contribution in [0.5, 0.6) is 0 Å². The Kier molecular flexibility index (Phi) is 5.03. The van der Waals surface area contributed by atoms with Crippen LogP contribution in [0.3, 0.4) is 0 Å². The van der Waals surface area contributed by atoms with E-state index in [9.17, 15) is 0 Å². The normalized spacial score (nSPS) is 30.2. The lowest BCUT2D eigenvalue weighted by atomic mass is 9.85. The monoisotopic (exact) mass is 240 g/mol. The molecule has 3 unspecified atom stereocenters. The summed E-state index contributed by atoms with van der Waals surface area (Å²) in [6, 6.07) is 1.04. The number of hydrogen-bond acceptors (Lipinski definition) is 2. The lowest BCUT2D eigenvalue weighted by Gasteiger charge is -2.32. The first-order valence-electron chi connectivity index (χ1n) is 7.20. The van der Waals surface area contributed by atoms with Crippen molar-refractivity contribution in [3.8, 4) is 0 Å². The van der Waals surface area contributed by atoms with E-state index >= 15 is 0 Å². The first kappa shape index (κ1) is 15.0. The molecule has 0 heterocycles. The Morgan fingerprint density at radius 1 is 1.29 bits per heavy atom. The summed E-state index contributed by atoms with van der Waals surface area (Å²) in [4.78, 5) is 2.51. The van der Waals surface area contributed by atoms with Crippen LogP contribution >= 0.6 is 0 Å². The summed E-state index contributed by atoms with van der Waals surface area (Å²) < 4.78 is 0. The van der Waals surface area contributed by atoms with Crippen molar-refractivity contribution >= 4 is 0 Å². The van der Waals surface area contributed by atoms with Crippen molar-refractivity contribution in [2.75, 3.05) is 13.6 Å². The highest BCUT2D eigenvalue weighted by Crippen LogP contribution is 2.40. The third-order valence-corrected chi connectivity index (χ3v) is 4.66. The number of nitrogens with zero attached hydrogens (tertiary/aromatic N) is 1. The molecule has 0 bridgehead atoms. The van der Waals surface area contributed by atoms with Crippen LogP contribution in [-0.4, -0.2) is 30.6 Å². The van der Waals surface area contributed by atoms with Gasteiger partial charge in [-0.05, 0) is 50.5 Å². The molecular formula is C15H32N2. The lowest BCUT2D eigenvalue weighted by molar-refractivity contribution is 0.179. The van der Waals surface area contributed by atoms with Crippen LogP contribution in [0.2, 0.25) is 0 Å². The molecule has 1 fully saturated rings. The molecule has 0 aromatic heterocycles. The van der Waals surface area contributed by atoms with Crippen molar-refractivity contribution in [1.29, 1.82) is 0 Å². The lowest BCUT2D eigenvalue weighted by Crippen LogP contribution is -2.43. The van der Waals surface area contributed by atoms with Gasteiger partial charge in [0.05, 0.1) is 0 Å². The first-order chi connectivity index (χ1) is 7.74. The molecule has 0 aromatic carbocycles. The van der Waals surface area contributed by atoms with Crippen molar-refractivity contribution in [2.45, 2.75) is 66.0 Å². The summed E-state index contributed by atoms with van der Waals surface area (Å²) in [6.45, 7) is 12.7. The van der Waals surface area contributed by atoms with Gasteiger partial charge in [-0.15, -0.1) is 0 Å². The van der Waals surface area contributed by atoms with E-state index in [4.69, 9.17) is 5.73 Å². The van der Waals surface area contributed by atoms with Crippen molar-refractivity contribution in [1.82, 2.24) is 4.90 Å². The SMILES string of the molecule is CC(C)CC(C)N(C)CC1CCC(C)(C)C1N. The summed E-state index contributed by atoms with van der Waals surface area (Å²) in [7, 11) is 2.26. The van der Waals surface area contributed by atoms with Gasteiger partial charge in [-0.1, -0.05) is 27.7 Å². The van der Waals surface area contributed by atoms with Crippen molar-refractivity contribution in [3.05, 3.63) is 0 Å². The van der Waals surface area contributed by atoms with Crippen LogP contribution in [-0.2, 0) is 0 Å². The maximum atomic E-state index is 6.38. The molecule has 2 N–H and O–H groups in total. The molecule has 2 heteroatoms. The quantitative estimate of drug-likeness (QED) is 0.800. The van der Waals surface area contributed by atoms with E-state index in [1.165, 1.54) is 25.8 Å². The molecule has 0 spiro atoms. The van der Waals surface area contributed by atoms with Gasteiger partial charge < -0.3 is 10.6 Å². The number of hydrogen-bond donors (Lipinski definition) is 1. The van der Waals surface area contributed by atoms with E-state index in [2.05, 4.69) is 46.6 Å². The molecule has 1 rings (SSSR count). The van der Waals surface area contributed by atoms with Gasteiger partial charge in [-0.3, -0.25) is 0 Å². The van der Waals surface area contributed by atoms with Crippen LogP contribution in [0.1, 0.15) is 53.9 Å². The maximum Gasteiger partial charge on any atom is 0.0131 e. The van der Waals surface area contributed by atoms with Crippen LogP contribution in [0.4, 0.5) is 0 Å². The van der Waals surface area contributed by atoms with Crippen LogP contribution in [0.25, 0.3) is 0 Å². The van der Waals surface area contributed by atoms with Crippen molar-refractivity contribution in [2.24, 2.45) is 23.0 Å². The van der Waals surface area contributed by atoms with Gasteiger partial charge >= 0.3 is 0 Å². The second-order valence-corrected chi connectivity index (χ2v) is 7.23. The van der Waals surface area contributed by atoms with E-state index in [1.807, 2.05) is 0 Å². The molecule has 0 aromatic rings. The number of nitrogens with two attached hydrogens (primary N) is 1. The summed E-state index contributed by atoms with van der Waals surface area (Å²) in [5, 5.41) is 0. The fraction of sp³-hybridized carbons (Fsp3) is 1.00. The molecule has 0 aliphatic heterocycles. The Bertz CT molecular complexity index is 235. The van der Waals surface area contributed by atoms with Gasteiger partial charge in [0.1, 0.15) is 0 Å². The fourth-order valence-electron chi connectivity index (χ4n) is 3.16. The fourth-order valence-corrected chi connectivity index (χ4v) is 3.16. The van der Waals surface area contributed by atoms with Crippen molar-refractivity contribution in [3.63, 3.8) is 0 Å². The second kappa shape index (κ2) is 5.71. The zero-order valence-electron chi connectivity index (χ0n) is 12.7. The predicted octanol–water partition coefficient (Wildman–Crippen LogP) is 3.12. The third kappa shape index (κ3) is 3.96. The highest BCUT2D eigenvalue weighted by Gasteiger charge is 2.39. The van der Waals surface area contributed by atoms with Gasteiger partial charge in [-0.2, -0.15) is 0 Å². The molecule has 0 radical (unpaired) electrons. The highest BCUT2D eigenvalue weighted by atomic mass is 15.1. The van der Waals surface area contributed by atoms with E-state index in [-0.39, 0.29) is 0 Å². The largest absolute Gasteiger partial charge is 0.327 e. The summed E-state index contributed by atoms with van der Waals surface area (Å²) in [6.07, 6.45) is 3.86. The Morgan fingerprint density at radius 2 is 1.88 bits per heavy atom. The Balaban J connectivity index is 2.44. The molecule has 2 nitrogen and oxygen atoms in total. The summed E-state index contributed by atoms with van der Waals surface area (Å²) >= 11 is 0. The molecule has 17 heavy (non-hydrogen) atoms. The van der Waals surface area contributed by atoms with E-state index in [1.54, 1.807) is 0 Å². The predicted molar refractivity (Wildman–Crippen MR) is 76.0 cm³/mol. The highest BCUT2D eigenvalue weighted by molar-refractivity contribution is 4.95. The molecule has 0 saturated heterocycles. The minimum Gasteiger partial charge on any atom is -0.327 e. The third-order valence-electron chi connectivity index (χ3n) is 4.66. The zero-order chi connectivity index (χ0) is 13.2. The summed E-state index contributed by atoms with van der Waals surface area (Å²) in [5.41, 5.74) is 6.72. The molecule has 102 valence electrons. The van der Waals surface area contributed by atoms with Gasteiger partial charge in [-0.25, -0.2) is 0 Å². The van der Waals surface area contributed by atoms with Gasteiger partial charge in [0, 0.05) is 18.6 Å². The smallest absolute Gasteiger partial charge is 0.0131 e. The maximum absolute atomic E-state index is 6.38. The Labute approximate surface area is 108 Å². The van der Waals surface area contributed by atoms with E-state index < -0.39 is 0 Å². The van der Waals surface area contributed by atoms with Crippen LogP contribution < -0.4 is 5.73 Å². The van der Waals surface area contributed by atoms with Crippen LogP contribution in [0, 0.1) is 17.3 Å². The van der Waals surface area contributed by atoms with Crippen LogP contribution in [0.15, 0.2) is 0 Å². The van der Waals surface area contributed by atoms with Gasteiger partial charge in [0.2, 0.25) is 0 Å². The minimum atomic E-state index is 0.340.